The van der Waals surface area contributed by atoms with E-state index < -0.39 is 0 Å². The van der Waals surface area contributed by atoms with Crippen molar-refractivity contribution < 1.29 is 5.11 Å². The summed E-state index contributed by atoms with van der Waals surface area (Å²) in [4.78, 5) is 2.34. The van der Waals surface area contributed by atoms with E-state index in [1.165, 1.54) is 11.1 Å². The van der Waals surface area contributed by atoms with Crippen molar-refractivity contribution in [2.24, 2.45) is 0 Å². The van der Waals surface area contributed by atoms with Crippen molar-refractivity contribution >= 4 is 0 Å². The maximum atomic E-state index is 9.71. The highest BCUT2D eigenvalue weighted by molar-refractivity contribution is 5.17. The molecule has 0 aliphatic carbocycles. The van der Waals surface area contributed by atoms with Crippen LogP contribution in [0.2, 0.25) is 0 Å². The van der Waals surface area contributed by atoms with E-state index >= 15 is 0 Å². The first-order valence-electron chi connectivity index (χ1n) is 7.38. The third-order valence-electron chi connectivity index (χ3n) is 3.91. The lowest BCUT2D eigenvalue weighted by Gasteiger charge is -2.29. The molecule has 1 aliphatic rings. The number of piperidine rings is 1. The number of β-amino-alcohol motifs (C(OH)–C–C–N with tert-alkyl or cyclic N) is 1. The van der Waals surface area contributed by atoms with Crippen LogP contribution in [0.15, 0.2) is 48.8 Å². The molecule has 1 aromatic heterocycles. The van der Waals surface area contributed by atoms with Crippen LogP contribution in [0.1, 0.15) is 24.0 Å². The SMILES string of the molecule is OC1CCCN(Cc2ccn(Cc3ccccc3)c2)C1. The average molecular weight is 270 g/mol. The van der Waals surface area contributed by atoms with Gasteiger partial charge in [0.15, 0.2) is 0 Å². The smallest absolute Gasteiger partial charge is 0.0667 e. The molecular formula is C17H22N2O. The zero-order valence-corrected chi connectivity index (χ0v) is 11.8. The number of rotatable bonds is 4. The second kappa shape index (κ2) is 6.25. The Morgan fingerprint density at radius 2 is 1.90 bits per heavy atom. The summed E-state index contributed by atoms with van der Waals surface area (Å²) in [7, 11) is 0. The highest BCUT2D eigenvalue weighted by Crippen LogP contribution is 2.14. The highest BCUT2D eigenvalue weighted by Gasteiger charge is 2.17. The third kappa shape index (κ3) is 3.50. The third-order valence-corrected chi connectivity index (χ3v) is 3.91. The first kappa shape index (κ1) is 13.4. The Bertz CT molecular complexity index is 535. The Hall–Kier alpha value is -1.58. The second-order valence-electron chi connectivity index (χ2n) is 5.71. The van der Waals surface area contributed by atoms with Gasteiger partial charge in [-0.3, -0.25) is 4.90 Å². The van der Waals surface area contributed by atoms with Crippen molar-refractivity contribution in [3.63, 3.8) is 0 Å². The van der Waals surface area contributed by atoms with Gasteiger partial charge in [-0.25, -0.2) is 0 Å². The van der Waals surface area contributed by atoms with Gasteiger partial charge in [0.1, 0.15) is 0 Å². The highest BCUT2D eigenvalue weighted by atomic mass is 16.3. The normalized spacial score (nSPS) is 20.1. The molecule has 0 radical (unpaired) electrons. The summed E-state index contributed by atoms with van der Waals surface area (Å²) < 4.78 is 2.23. The Morgan fingerprint density at radius 1 is 1.05 bits per heavy atom. The number of hydrogen-bond acceptors (Lipinski definition) is 2. The van der Waals surface area contributed by atoms with Crippen LogP contribution in [0.4, 0.5) is 0 Å². The first-order valence-corrected chi connectivity index (χ1v) is 7.38. The summed E-state index contributed by atoms with van der Waals surface area (Å²) in [6.07, 6.45) is 6.27. The quantitative estimate of drug-likeness (QED) is 0.924. The Kier molecular flexibility index (Phi) is 4.19. The van der Waals surface area contributed by atoms with Gasteiger partial charge in [-0.05, 0) is 36.6 Å². The van der Waals surface area contributed by atoms with Crippen molar-refractivity contribution in [1.82, 2.24) is 9.47 Å². The van der Waals surface area contributed by atoms with E-state index in [2.05, 4.69) is 52.2 Å². The maximum absolute atomic E-state index is 9.71. The van der Waals surface area contributed by atoms with Gasteiger partial charge in [0.2, 0.25) is 0 Å². The molecule has 1 aromatic carbocycles. The molecule has 20 heavy (non-hydrogen) atoms. The minimum Gasteiger partial charge on any atom is -0.392 e. The number of nitrogens with zero attached hydrogens (tertiary/aromatic N) is 2. The number of likely N-dealkylation sites (tertiary alicyclic amines) is 1. The summed E-state index contributed by atoms with van der Waals surface area (Å²) in [5.41, 5.74) is 2.65. The Morgan fingerprint density at radius 3 is 2.70 bits per heavy atom. The summed E-state index contributed by atoms with van der Waals surface area (Å²) in [5, 5.41) is 9.71. The molecule has 0 spiro atoms. The molecule has 2 aromatic rings. The molecule has 3 heteroatoms. The fraction of sp³-hybridized carbons (Fsp3) is 0.412. The summed E-state index contributed by atoms with van der Waals surface area (Å²) in [5.74, 6) is 0. The molecule has 3 rings (SSSR count). The average Bonchev–Trinajstić information content (AvgIpc) is 2.87. The van der Waals surface area contributed by atoms with Crippen molar-refractivity contribution in [1.29, 1.82) is 0 Å². The van der Waals surface area contributed by atoms with Gasteiger partial charge in [-0.15, -0.1) is 0 Å². The van der Waals surface area contributed by atoms with Gasteiger partial charge in [-0.1, -0.05) is 30.3 Å². The predicted octanol–water partition coefficient (Wildman–Crippen LogP) is 2.49. The lowest BCUT2D eigenvalue weighted by molar-refractivity contribution is 0.0668. The molecule has 106 valence electrons. The van der Waals surface area contributed by atoms with Gasteiger partial charge in [0.25, 0.3) is 0 Å². The molecular weight excluding hydrogens is 248 g/mol. The van der Waals surface area contributed by atoms with Crippen LogP contribution in [-0.2, 0) is 13.1 Å². The molecule has 1 atom stereocenters. The van der Waals surface area contributed by atoms with Crippen LogP contribution < -0.4 is 0 Å². The van der Waals surface area contributed by atoms with Crippen LogP contribution in [0, 0.1) is 0 Å². The minimum atomic E-state index is -0.143. The molecule has 0 amide bonds. The molecule has 1 N–H and O–H groups in total. The number of benzene rings is 1. The first-order chi connectivity index (χ1) is 9.79. The van der Waals surface area contributed by atoms with E-state index in [0.29, 0.717) is 0 Å². The molecule has 1 saturated heterocycles. The summed E-state index contributed by atoms with van der Waals surface area (Å²) >= 11 is 0. The van der Waals surface area contributed by atoms with E-state index in [1.807, 2.05) is 6.07 Å². The monoisotopic (exact) mass is 270 g/mol. The topological polar surface area (TPSA) is 28.4 Å². The van der Waals surface area contributed by atoms with Crippen LogP contribution in [0.3, 0.4) is 0 Å². The molecule has 0 saturated carbocycles. The van der Waals surface area contributed by atoms with Crippen LogP contribution in [-0.4, -0.2) is 33.8 Å². The Balaban J connectivity index is 1.59. The summed E-state index contributed by atoms with van der Waals surface area (Å²) in [6, 6.07) is 12.7. The van der Waals surface area contributed by atoms with E-state index in [0.717, 1.165) is 39.0 Å². The number of aromatic nitrogens is 1. The van der Waals surface area contributed by atoms with E-state index in [1.54, 1.807) is 0 Å². The molecule has 3 nitrogen and oxygen atoms in total. The maximum Gasteiger partial charge on any atom is 0.0667 e. The lowest BCUT2D eigenvalue weighted by atomic mass is 10.1. The fourth-order valence-electron chi connectivity index (χ4n) is 2.91. The predicted molar refractivity (Wildman–Crippen MR) is 80.5 cm³/mol. The van der Waals surface area contributed by atoms with Crippen molar-refractivity contribution in [2.75, 3.05) is 13.1 Å². The zero-order chi connectivity index (χ0) is 13.8. The zero-order valence-electron chi connectivity index (χ0n) is 11.8. The number of hydrogen-bond donors (Lipinski definition) is 1. The fourth-order valence-corrected chi connectivity index (χ4v) is 2.91. The second-order valence-corrected chi connectivity index (χ2v) is 5.71. The van der Waals surface area contributed by atoms with Crippen molar-refractivity contribution in [3.8, 4) is 0 Å². The standard InChI is InChI=1S/C17H22N2O/c20-17-7-4-9-18(14-17)12-16-8-10-19(13-16)11-15-5-2-1-3-6-15/h1-3,5-6,8,10,13,17,20H,4,7,9,11-12,14H2. The van der Waals surface area contributed by atoms with Crippen LogP contribution in [0.25, 0.3) is 0 Å². The molecule has 1 unspecified atom stereocenters. The van der Waals surface area contributed by atoms with Gasteiger partial charge >= 0.3 is 0 Å². The van der Waals surface area contributed by atoms with Crippen LogP contribution >= 0.6 is 0 Å². The van der Waals surface area contributed by atoms with E-state index in [9.17, 15) is 5.11 Å². The summed E-state index contributed by atoms with van der Waals surface area (Å²) in [6.45, 7) is 3.77. The van der Waals surface area contributed by atoms with Crippen LogP contribution in [0.5, 0.6) is 0 Å². The molecule has 0 bridgehead atoms. The lowest BCUT2D eigenvalue weighted by Crippen LogP contribution is -2.37. The Labute approximate surface area is 120 Å². The minimum absolute atomic E-state index is 0.143. The molecule has 2 heterocycles. The van der Waals surface area contributed by atoms with Gasteiger partial charge in [-0.2, -0.15) is 0 Å². The largest absolute Gasteiger partial charge is 0.392 e. The van der Waals surface area contributed by atoms with E-state index in [-0.39, 0.29) is 6.10 Å². The van der Waals surface area contributed by atoms with Crippen molar-refractivity contribution in [2.45, 2.75) is 32.0 Å². The van der Waals surface area contributed by atoms with Crippen molar-refractivity contribution in [3.05, 3.63) is 59.9 Å². The molecule has 1 fully saturated rings. The molecule has 1 aliphatic heterocycles. The number of aliphatic hydroxyl groups is 1. The van der Waals surface area contributed by atoms with E-state index in [4.69, 9.17) is 0 Å². The van der Waals surface area contributed by atoms with Gasteiger partial charge in [0, 0.05) is 32.0 Å². The van der Waals surface area contributed by atoms with Gasteiger partial charge in [0.05, 0.1) is 6.10 Å². The van der Waals surface area contributed by atoms with Gasteiger partial charge < -0.3 is 9.67 Å². The number of aliphatic hydroxyl groups excluding tert-OH is 1.